The molecule has 37 heavy (non-hydrogen) atoms. The van der Waals surface area contributed by atoms with Gasteiger partial charge < -0.3 is 29.0 Å². The molecule has 3 aromatic rings. The van der Waals surface area contributed by atoms with E-state index in [2.05, 4.69) is 5.32 Å². The van der Waals surface area contributed by atoms with Gasteiger partial charge in [-0.1, -0.05) is 17.7 Å². The standard InChI is InChI=1S/C27H31ClFN3O5/c1-18(2)32(27(34)30-20-8-9-23(29)22(28)15-20)17-26(33)31(16-21-6-5-13-37-21)12-11-19-7-10-24(35-3)25(14-19)36-4/h5-10,13-15,18H,11-12,16-17H2,1-4H3,(H,30,34). The molecule has 0 aliphatic carbocycles. The molecule has 0 spiro atoms. The molecule has 3 amide bonds. The number of urea groups is 1. The van der Waals surface area contributed by atoms with Crippen LogP contribution in [-0.2, 0) is 17.8 Å². The number of carbonyl (C=O) groups excluding carboxylic acids is 2. The normalized spacial score (nSPS) is 10.8. The Bertz CT molecular complexity index is 1200. The fourth-order valence-electron chi connectivity index (χ4n) is 3.69. The predicted molar refractivity (Wildman–Crippen MR) is 140 cm³/mol. The Kier molecular flexibility index (Phi) is 9.79. The second kappa shape index (κ2) is 13.0. The molecule has 198 valence electrons. The maximum atomic E-state index is 13.5. The van der Waals surface area contributed by atoms with Gasteiger partial charge in [0.2, 0.25) is 5.91 Å². The Balaban J connectivity index is 1.73. The van der Waals surface area contributed by atoms with Gasteiger partial charge in [-0.25, -0.2) is 9.18 Å². The van der Waals surface area contributed by atoms with Crippen molar-refractivity contribution in [3.05, 3.63) is 77.0 Å². The van der Waals surface area contributed by atoms with E-state index in [9.17, 15) is 14.0 Å². The highest BCUT2D eigenvalue weighted by Crippen LogP contribution is 2.28. The van der Waals surface area contributed by atoms with Crippen molar-refractivity contribution >= 4 is 29.2 Å². The van der Waals surface area contributed by atoms with Crippen LogP contribution in [-0.4, -0.2) is 55.1 Å². The molecule has 2 aromatic carbocycles. The Morgan fingerprint density at radius 3 is 2.46 bits per heavy atom. The molecule has 1 heterocycles. The van der Waals surface area contributed by atoms with Gasteiger partial charge in [-0.15, -0.1) is 0 Å². The van der Waals surface area contributed by atoms with Crippen LogP contribution in [0.25, 0.3) is 0 Å². The SMILES string of the molecule is COc1ccc(CCN(Cc2ccco2)C(=O)CN(C(=O)Nc2ccc(F)c(Cl)c2)C(C)C)cc1OC. The quantitative estimate of drug-likeness (QED) is 0.348. The minimum atomic E-state index is -0.585. The van der Waals surface area contributed by atoms with Crippen molar-refractivity contribution in [2.45, 2.75) is 32.9 Å². The molecule has 0 saturated carbocycles. The van der Waals surface area contributed by atoms with Crippen LogP contribution in [0.1, 0.15) is 25.2 Å². The Hall–Kier alpha value is -3.72. The van der Waals surface area contributed by atoms with E-state index in [-0.39, 0.29) is 30.1 Å². The average Bonchev–Trinajstić information content (AvgIpc) is 3.39. The number of benzene rings is 2. The number of nitrogens with one attached hydrogen (secondary N) is 1. The highest BCUT2D eigenvalue weighted by Gasteiger charge is 2.24. The first-order chi connectivity index (χ1) is 17.7. The minimum absolute atomic E-state index is 0.107. The zero-order valence-electron chi connectivity index (χ0n) is 21.3. The first-order valence-corrected chi connectivity index (χ1v) is 12.1. The lowest BCUT2D eigenvalue weighted by atomic mass is 10.1. The first kappa shape index (κ1) is 27.9. The Labute approximate surface area is 220 Å². The van der Waals surface area contributed by atoms with Crippen LogP contribution in [0.15, 0.2) is 59.2 Å². The third-order valence-electron chi connectivity index (χ3n) is 5.76. The molecule has 0 aliphatic heterocycles. The molecule has 8 nitrogen and oxygen atoms in total. The van der Waals surface area contributed by atoms with Gasteiger partial charge in [-0.2, -0.15) is 0 Å². The number of furan rings is 1. The van der Waals surface area contributed by atoms with Crippen LogP contribution >= 0.6 is 11.6 Å². The van der Waals surface area contributed by atoms with E-state index in [4.69, 9.17) is 25.5 Å². The summed E-state index contributed by atoms with van der Waals surface area (Å²) < 4.78 is 29.6. The van der Waals surface area contributed by atoms with Crippen molar-refractivity contribution < 1.29 is 27.9 Å². The molecule has 0 atom stereocenters. The summed E-state index contributed by atoms with van der Waals surface area (Å²) in [7, 11) is 3.14. The van der Waals surface area contributed by atoms with Crippen LogP contribution in [0.4, 0.5) is 14.9 Å². The number of rotatable bonds is 11. The third kappa shape index (κ3) is 7.63. The topological polar surface area (TPSA) is 84.2 Å². The van der Waals surface area contributed by atoms with Crippen molar-refractivity contribution in [2.24, 2.45) is 0 Å². The summed E-state index contributed by atoms with van der Waals surface area (Å²) >= 11 is 5.83. The second-order valence-electron chi connectivity index (χ2n) is 8.61. The first-order valence-electron chi connectivity index (χ1n) is 11.8. The smallest absolute Gasteiger partial charge is 0.322 e. The monoisotopic (exact) mass is 531 g/mol. The summed E-state index contributed by atoms with van der Waals surface area (Å²) in [6.07, 6.45) is 2.10. The molecular weight excluding hydrogens is 501 g/mol. The van der Waals surface area contributed by atoms with E-state index in [1.165, 1.54) is 23.1 Å². The minimum Gasteiger partial charge on any atom is -0.493 e. The van der Waals surface area contributed by atoms with Gasteiger partial charge in [0.1, 0.15) is 18.1 Å². The largest absolute Gasteiger partial charge is 0.493 e. The number of halogens is 2. The van der Waals surface area contributed by atoms with Gasteiger partial charge in [0.25, 0.3) is 0 Å². The zero-order valence-corrected chi connectivity index (χ0v) is 22.0. The van der Waals surface area contributed by atoms with Gasteiger partial charge >= 0.3 is 6.03 Å². The molecular formula is C27H31ClFN3O5. The fourth-order valence-corrected chi connectivity index (χ4v) is 3.87. The molecule has 0 saturated heterocycles. The molecule has 0 radical (unpaired) electrons. The number of amides is 3. The van der Waals surface area contributed by atoms with E-state index < -0.39 is 11.8 Å². The number of ether oxygens (including phenoxy) is 2. The van der Waals surface area contributed by atoms with Crippen LogP contribution < -0.4 is 14.8 Å². The number of nitrogens with zero attached hydrogens (tertiary/aromatic N) is 2. The van der Waals surface area contributed by atoms with Gasteiger partial charge in [-0.05, 0) is 68.3 Å². The molecule has 10 heteroatoms. The number of carbonyl (C=O) groups is 2. The molecule has 1 N–H and O–H groups in total. The summed E-state index contributed by atoms with van der Waals surface area (Å²) in [5.41, 5.74) is 1.29. The van der Waals surface area contributed by atoms with E-state index in [1.807, 2.05) is 32.0 Å². The number of hydrogen-bond donors (Lipinski definition) is 1. The van der Waals surface area contributed by atoms with Crippen molar-refractivity contribution in [1.82, 2.24) is 9.80 Å². The molecule has 0 fully saturated rings. The van der Waals surface area contributed by atoms with E-state index in [1.54, 1.807) is 37.5 Å². The summed E-state index contributed by atoms with van der Waals surface area (Å²) in [6, 6.07) is 12.3. The Morgan fingerprint density at radius 1 is 1.08 bits per heavy atom. The summed E-state index contributed by atoms with van der Waals surface area (Å²) in [4.78, 5) is 29.5. The molecule has 3 rings (SSSR count). The van der Waals surface area contributed by atoms with Crippen LogP contribution in [0, 0.1) is 5.82 Å². The molecule has 0 unspecified atom stereocenters. The zero-order chi connectivity index (χ0) is 26.9. The number of anilines is 1. The highest BCUT2D eigenvalue weighted by atomic mass is 35.5. The maximum Gasteiger partial charge on any atom is 0.322 e. The number of hydrogen-bond acceptors (Lipinski definition) is 5. The summed E-state index contributed by atoms with van der Waals surface area (Å²) in [5.74, 6) is 1.02. The lowest BCUT2D eigenvalue weighted by Gasteiger charge is -2.30. The third-order valence-corrected chi connectivity index (χ3v) is 6.05. The molecule has 0 bridgehead atoms. The van der Waals surface area contributed by atoms with Crippen LogP contribution in [0.5, 0.6) is 11.5 Å². The lowest BCUT2D eigenvalue weighted by Crippen LogP contribution is -2.47. The molecule has 1 aromatic heterocycles. The maximum absolute atomic E-state index is 13.5. The Morgan fingerprint density at radius 2 is 1.84 bits per heavy atom. The van der Waals surface area contributed by atoms with E-state index in [0.717, 1.165) is 5.56 Å². The highest BCUT2D eigenvalue weighted by molar-refractivity contribution is 6.31. The van der Waals surface area contributed by atoms with Crippen molar-refractivity contribution in [3.63, 3.8) is 0 Å². The predicted octanol–water partition coefficient (Wildman–Crippen LogP) is 5.60. The lowest BCUT2D eigenvalue weighted by molar-refractivity contribution is -0.133. The summed E-state index contributed by atoms with van der Waals surface area (Å²) in [6.45, 7) is 4.09. The molecule has 0 aliphatic rings. The van der Waals surface area contributed by atoms with Crippen LogP contribution in [0.2, 0.25) is 5.02 Å². The van der Waals surface area contributed by atoms with Crippen LogP contribution in [0.3, 0.4) is 0 Å². The summed E-state index contributed by atoms with van der Waals surface area (Å²) in [5, 5.41) is 2.58. The van der Waals surface area contributed by atoms with E-state index in [0.29, 0.717) is 35.9 Å². The van der Waals surface area contributed by atoms with Gasteiger partial charge in [0, 0.05) is 18.3 Å². The second-order valence-corrected chi connectivity index (χ2v) is 9.02. The van der Waals surface area contributed by atoms with Gasteiger partial charge in [-0.3, -0.25) is 4.79 Å². The average molecular weight is 532 g/mol. The van der Waals surface area contributed by atoms with Gasteiger partial charge in [0.05, 0.1) is 32.1 Å². The number of methoxy groups -OCH3 is 2. The van der Waals surface area contributed by atoms with Crippen molar-refractivity contribution in [2.75, 3.05) is 32.6 Å². The van der Waals surface area contributed by atoms with Gasteiger partial charge in [0.15, 0.2) is 11.5 Å². The van der Waals surface area contributed by atoms with Crippen molar-refractivity contribution in [1.29, 1.82) is 0 Å². The van der Waals surface area contributed by atoms with Crippen molar-refractivity contribution in [3.8, 4) is 11.5 Å². The fraction of sp³-hybridized carbons (Fsp3) is 0.333. The van der Waals surface area contributed by atoms with E-state index >= 15 is 0 Å².